The van der Waals surface area contributed by atoms with Gasteiger partial charge in [-0.15, -0.1) is 0 Å². The van der Waals surface area contributed by atoms with E-state index in [4.69, 9.17) is 9.47 Å². The number of aromatic amines is 1. The molecule has 0 amide bonds. The van der Waals surface area contributed by atoms with Crippen molar-refractivity contribution in [3.8, 4) is 17.2 Å². The van der Waals surface area contributed by atoms with Gasteiger partial charge in [0.1, 0.15) is 5.75 Å². The number of fused-ring (bicyclic) bond motifs is 3. The molecule has 0 saturated carbocycles. The van der Waals surface area contributed by atoms with Gasteiger partial charge >= 0.3 is 0 Å². The lowest BCUT2D eigenvalue weighted by atomic mass is 9.94. The first-order valence-corrected chi connectivity index (χ1v) is 8.47. The van der Waals surface area contributed by atoms with Gasteiger partial charge in [-0.1, -0.05) is 12.1 Å². The van der Waals surface area contributed by atoms with Crippen LogP contribution >= 0.6 is 0 Å². The minimum absolute atomic E-state index is 0.220. The summed E-state index contributed by atoms with van der Waals surface area (Å²) in [6, 6.07) is 11.7. The summed E-state index contributed by atoms with van der Waals surface area (Å²) in [5, 5.41) is 14.3. The van der Waals surface area contributed by atoms with Crippen molar-refractivity contribution in [2.75, 3.05) is 20.8 Å². The van der Waals surface area contributed by atoms with E-state index in [1.165, 1.54) is 22.2 Å². The van der Waals surface area contributed by atoms with Crippen molar-refractivity contribution in [3.05, 3.63) is 53.2 Å². The van der Waals surface area contributed by atoms with Gasteiger partial charge in [0.15, 0.2) is 11.5 Å². The number of ether oxygens (including phenoxy) is 2. The van der Waals surface area contributed by atoms with Crippen molar-refractivity contribution in [2.45, 2.75) is 18.9 Å². The van der Waals surface area contributed by atoms with Crippen molar-refractivity contribution < 1.29 is 14.6 Å². The van der Waals surface area contributed by atoms with E-state index in [9.17, 15) is 5.11 Å². The van der Waals surface area contributed by atoms with Gasteiger partial charge in [0.25, 0.3) is 0 Å². The van der Waals surface area contributed by atoms with Crippen molar-refractivity contribution in [1.82, 2.24) is 10.3 Å². The number of methoxy groups -OCH3 is 2. The Morgan fingerprint density at radius 3 is 2.52 bits per heavy atom. The Morgan fingerprint density at radius 2 is 1.80 bits per heavy atom. The molecule has 1 aliphatic rings. The van der Waals surface area contributed by atoms with E-state index in [1.54, 1.807) is 26.4 Å². The van der Waals surface area contributed by atoms with Crippen LogP contribution in [0.3, 0.4) is 0 Å². The Morgan fingerprint density at radius 1 is 1.08 bits per heavy atom. The van der Waals surface area contributed by atoms with Crippen molar-refractivity contribution in [1.29, 1.82) is 0 Å². The Bertz CT molecular complexity index is 899. The van der Waals surface area contributed by atoms with Gasteiger partial charge in [-0.2, -0.15) is 0 Å². The first-order chi connectivity index (χ1) is 12.2. The van der Waals surface area contributed by atoms with E-state index in [0.29, 0.717) is 5.75 Å². The largest absolute Gasteiger partial charge is 0.508 e. The maximum atomic E-state index is 9.47. The highest BCUT2D eigenvalue weighted by Gasteiger charge is 2.25. The van der Waals surface area contributed by atoms with Gasteiger partial charge in [0.2, 0.25) is 0 Å². The van der Waals surface area contributed by atoms with Gasteiger partial charge in [0.05, 0.1) is 20.3 Å². The maximum Gasteiger partial charge on any atom is 0.162 e. The van der Waals surface area contributed by atoms with E-state index in [1.807, 2.05) is 18.2 Å². The molecular weight excluding hydrogens is 316 g/mol. The Kier molecular flexibility index (Phi) is 4.01. The van der Waals surface area contributed by atoms with Crippen LogP contribution in [0.2, 0.25) is 0 Å². The number of hydrogen-bond donors (Lipinski definition) is 3. The molecule has 1 aliphatic heterocycles. The maximum absolute atomic E-state index is 9.47. The summed E-state index contributed by atoms with van der Waals surface area (Å²) in [6.07, 6.45) is 1.85. The molecule has 5 heteroatoms. The fourth-order valence-corrected chi connectivity index (χ4v) is 3.68. The lowest BCUT2D eigenvalue weighted by molar-refractivity contribution is 0.356. The summed E-state index contributed by atoms with van der Waals surface area (Å²) in [6.45, 7) is 0.942. The summed E-state index contributed by atoms with van der Waals surface area (Å²) >= 11 is 0. The molecule has 0 bridgehead atoms. The molecule has 130 valence electrons. The average Bonchev–Trinajstić information content (AvgIpc) is 3.01. The predicted octanol–water partition coefficient (Wildman–Crippen LogP) is 3.32. The second kappa shape index (κ2) is 6.33. The number of H-pyrrole nitrogens is 1. The van der Waals surface area contributed by atoms with Crippen LogP contribution in [0.15, 0.2) is 36.4 Å². The Hall–Kier alpha value is -2.66. The van der Waals surface area contributed by atoms with E-state index in [-0.39, 0.29) is 6.04 Å². The normalized spacial score (nSPS) is 16.6. The van der Waals surface area contributed by atoms with Crippen molar-refractivity contribution in [3.63, 3.8) is 0 Å². The third-order valence-electron chi connectivity index (χ3n) is 4.93. The standard InChI is InChI=1S/C20H22N2O3/c1-24-18-10-15-14-7-8-21-17(9-12-3-5-13(23)6-4-12)20(14)22-16(15)11-19(18)25-2/h3-6,10-11,17,21-23H,7-9H2,1-2H3. The van der Waals surface area contributed by atoms with Gasteiger partial charge in [-0.3, -0.25) is 0 Å². The van der Waals surface area contributed by atoms with Gasteiger partial charge in [-0.25, -0.2) is 0 Å². The summed E-state index contributed by atoms with van der Waals surface area (Å²) in [7, 11) is 3.32. The van der Waals surface area contributed by atoms with E-state index < -0.39 is 0 Å². The number of rotatable bonds is 4. The Balaban J connectivity index is 1.74. The van der Waals surface area contributed by atoms with Crippen LogP contribution in [-0.4, -0.2) is 30.9 Å². The molecule has 0 fully saturated rings. The van der Waals surface area contributed by atoms with Gasteiger partial charge in [0, 0.05) is 22.7 Å². The zero-order valence-electron chi connectivity index (χ0n) is 14.4. The zero-order chi connectivity index (χ0) is 17.4. The van der Waals surface area contributed by atoms with Crippen molar-refractivity contribution >= 4 is 10.9 Å². The molecule has 5 nitrogen and oxygen atoms in total. The van der Waals surface area contributed by atoms with Crippen LogP contribution in [0.25, 0.3) is 10.9 Å². The summed E-state index contributed by atoms with van der Waals surface area (Å²) in [5.74, 6) is 1.79. The summed E-state index contributed by atoms with van der Waals surface area (Å²) in [4.78, 5) is 3.58. The van der Waals surface area contributed by atoms with Crippen LogP contribution in [0.4, 0.5) is 0 Å². The van der Waals surface area contributed by atoms with Gasteiger partial charge in [-0.05, 0) is 48.7 Å². The first kappa shape index (κ1) is 15.8. The Labute approximate surface area is 146 Å². The highest BCUT2D eigenvalue weighted by atomic mass is 16.5. The third-order valence-corrected chi connectivity index (χ3v) is 4.93. The molecule has 0 spiro atoms. The van der Waals surface area contributed by atoms with Crippen LogP contribution in [0.5, 0.6) is 17.2 Å². The first-order valence-electron chi connectivity index (χ1n) is 8.47. The van der Waals surface area contributed by atoms with Crippen LogP contribution in [0.1, 0.15) is 22.9 Å². The zero-order valence-corrected chi connectivity index (χ0v) is 14.4. The molecule has 1 unspecified atom stereocenters. The van der Waals surface area contributed by atoms with Gasteiger partial charge < -0.3 is 24.9 Å². The molecule has 1 aromatic heterocycles. The summed E-state index contributed by atoms with van der Waals surface area (Å²) in [5.41, 5.74) is 4.84. The number of phenols is 1. The molecule has 0 aliphatic carbocycles. The second-order valence-corrected chi connectivity index (χ2v) is 6.40. The molecule has 4 rings (SSSR count). The van der Waals surface area contributed by atoms with E-state index >= 15 is 0 Å². The molecule has 2 heterocycles. The molecule has 0 saturated heterocycles. The molecular formula is C20H22N2O3. The van der Waals surface area contributed by atoms with Crippen LogP contribution < -0.4 is 14.8 Å². The fraction of sp³-hybridized carbons (Fsp3) is 0.300. The smallest absolute Gasteiger partial charge is 0.162 e. The number of phenolic OH excluding ortho intramolecular Hbond substituents is 1. The topological polar surface area (TPSA) is 66.5 Å². The number of aromatic nitrogens is 1. The third kappa shape index (κ3) is 2.81. The lowest BCUT2D eigenvalue weighted by Gasteiger charge is -2.24. The minimum Gasteiger partial charge on any atom is -0.508 e. The molecule has 0 radical (unpaired) electrons. The highest BCUT2D eigenvalue weighted by molar-refractivity contribution is 5.88. The molecule has 1 atom stereocenters. The minimum atomic E-state index is 0.220. The molecule has 2 aromatic carbocycles. The fourth-order valence-electron chi connectivity index (χ4n) is 3.68. The molecule has 3 N–H and O–H groups in total. The number of hydrogen-bond acceptors (Lipinski definition) is 4. The second-order valence-electron chi connectivity index (χ2n) is 6.40. The van der Waals surface area contributed by atoms with Crippen molar-refractivity contribution in [2.24, 2.45) is 0 Å². The molecule has 25 heavy (non-hydrogen) atoms. The highest BCUT2D eigenvalue weighted by Crippen LogP contribution is 2.38. The van der Waals surface area contributed by atoms with Crippen LogP contribution in [0, 0.1) is 0 Å². The predicted molar refractivity (Wildman–Crippen MR) is 97.7 cm³/mol. The SMILES string of the molecule is COc1cc2[nH]c3c(c2cc1OC)CCNC3Cc1ccc(O)cc1. The van der Waals surface area contributed by atoms with Crippen LogP contribution in [-0.2, 0) is 12.8 Å². The molecule has 3 aromatic rings. The monoisotopic (exact) mass is 338 g/mol. The number of aromatic hydroxyl groups is 1. The van der Waals surface area contributed by atoms with E-state index in [2.05, 4.69) is 16.4 Å². The lowest BCUT2D eigenvalue weighted by Crippen LogP contribution is -2.31. The summed E-state index contributed by atoms with van der Waals surface area (Å²) < 4.78 is 10.9. The number of benzene rings is 2. The quantitative estimate of drug-likeness (QED) is 0.683. The number of nitrogens with one attached hydrogen (secondary N) is 2. The average molecular weight is 338 g/mol. The van der Waals surface area contributed by atoms with E-state index in [0.717, 1.165) is 36.4 Å².